The van der Waals surface area contributed by atoms with Crippen LogP contribution in [-0.4, -0.2) is 29.4 Å². The molecule has 0 aromatic carbocycles. The molecular weight excluding hydrogens is 226 g/mol. The highest BCUT2D eigenvalue weighted by Gasteiger charge is 2.30. The van der Waals surface area contributed by atoms with Crippen molar-refractivity contribution in [3.63, 3.8) is 0 Å². The van der Waals surface area contributed by atoms with E-state index in [2.05, 4.69) is 0 Å². The van der Waals surface area contributed by atoms with Crippen LogP contribution in [0.25, 0.3) is 0 Å². The fourth-order valence-corrected chi connectivity index (χ4v) is 2.60. The molecule has 1 aliphatic rings. The van der Waals surface area contributed by atoms with Gasteiger partial charge >= 0.3 is 7.00 Å². The van der Waals surface area contributed by atoms with Gasteiger partial charge in [-0.05, 0) is 0 Å². The van der Waals surface area contributed by atoms with Gasteiger partial charge in [-0.15, -0.1) is 11.3 Å². The second kappa shape index (κ2) is 3.58. The predicted molar refractivity (Wildman–Crippen MR) is 53.4 cm³/mol. The molecular formula is C6H8BO5PS. The molecule has 0 bridgehead atoms. The molecule has 0 spiro atoms. The normalized spacial score (nSPS) is 20.6. The third kappa shape index (κ3) is 2.30. The van der Waals surface area contributed by atoms with Crippen LogP contribution in [0.1, 0.15) is 0 Å². The van der Waals surface area contributed by atoms with Gasteiger partial charge in [0.1, 0.15) is 12.6 Å². The van der Waals surface area contributed by atoms with E-state index in [0.29, 0.717) is 11.5 Å². The Balaban J connectivity index is 2.05. The van der Waals surface area contributed by atoms with E-state index in [1.807, 2.05) is 0 Å². The van der Waals surface area contributed by atoms with Crippen LogP contribution in [0.15, 0.2) is 10.8 Å². The second-order valence-electron chi connectivity index (χ2n) is 3.00. The highest BCUT2D eigenvalue weighted by atomic mass is 32.1. The summed E-state index contributed by atoms with van der Waals surface area (Å²) in [5.74, 6) is 1.22. The molecule has 8 heteroatoms. The van der Waals surface area contributed by atoms with E-state index in [0.717, 1.165) is 0 Å². The molecule has 76 valence electrons. The van der Waals surface area contributed by atoms with E-state index in [1.165, 1.54) is 11.3 Å². The van der Waals surface area contributed by atoms with E-state index in [4.69, 9.17) is 19.3 Å². The van der Waals surface area contributed by atoms with Crippen LogP contribution >= 0.6 is 18.8 Å². The fourth-order valence-electron chi connectivity index (χ4n) is 1.22. The van der Waals surface area contributed by atoms with E-state index in [-0.39, 0.29) is 13.6 Å². The van der Waals surface area contributed by atoms with Crippen LogP contribution in [0.5, 0.6) is 11.5 Å². The molecule has 14 heavy (non-hydrogen) atoms. The molecule has 2 heterocycles. The lowest BCUT2D eigenvalue weighted by atomic mass is 9.98. The molecule has 1 atom stereocenters. The average Bonchev–Trinajstić information content (AvgIpc) is 2.47. The average molecular weight is 234 g/mol. The molecule has 1 unspecified atom stereocenters. The number of hydrogen-bond acceptors (Lipinski definition) is 4. The van der Waals surface area contributed by atoms with Crippen molar-refractivity contribution in [1.29, 1.82) is 0 Å². The van der Waals surface area contributed by atoms with Crippen molar-refractivity contribution >= 4 is 25.8 Å². The van der Waals surface area contributed by atoms with Crippen molar-refractivity contribution in [3.8, 4) is 11.5 Å². The van der Waals surface area contributed by atoms with E-state index in [1.54, 1.807) is 10.8 Å². The second-order valence-corrected chi connectivity index (χ2v) is 5.44. The van der Waals surface area contributed by atoms with E-state index in [9.17, 15) is 4.57 Å². The lowest BCUT2D eigenvalue weighted by molar-refractivity contribution is 0.144. The number of hydrogen-bond donors (Lipinski definition) is 2. The summed E-state index contributed by atoms with van der Waals surface area (Å²) >= 11 is 1.43. The van der Waals surface area contributed by atoms with Gasteiger partial charge in [0.2, 0.25) is 0 Å². The summed E-state index contributed by atoms with van der Waals surface area (Å²) in [4.78, 5) is 17.5. The van der Waals surface area contributed by atoms with Crippen LogP contribution in [0, 0.1) is 0 Å². The van der Waals surface area contributed by atoms with Crippen LogP contribution < -0.4 is 9.47 Å². The Morgan fingerprint density at radius 2 is 2.21 bits per heavy atom. The topological polar surface area (TPSA) is 76.0 Å². The monoisotopic (exact) mass is 234 g/mol. The van der Waals surface area contributed by atoms with Crippen LogP contribution in [-0.2, 0) is 4.57 Å². The van der Waals surface area contributed by atoms with Gasteiger partial charge in [-0.1, -0.05) is 0 Å². The summed E-state index contributed by atoms with van der Waals surface area (Å²) in [6.07, 6.45) is 0. The van der Waals surface area contributed by atoms with Crippen molar-refractivity contribution in [2.45, 2.75) is 6.00 Å². The number of ether oxygens (including phenoxy) is 2. The molecule has 5 nitrogen and oxygen atoms in total. The summed E-state index contributed by atoms with van der Waals surface area (Å²) in [5.41, 5.74) is 0. The molecule has 1 aromatic rings. The first-order valence-electron chi connectivity index (χ1n) is 3.95. The summed E-state index contributed by atoms with van der Waals surface area (Å²) in [5, 5.41) is 3.55. The van der Waals surface area contributed by atoms with Gasteiger partial charge in [0.25, 0.3) is 7.47 Å². The molecule has 0 saturated carbocycles. The fraction of sp³-hybridized carbons (Fsp3) is 0.333. The molecule has 0 amide bonds. The van der Waals surface area contributed by atoms with Crippen LogP contribution in [0.2, 0.25) is 0 Å². The largest absolute Gasteiger partial charge is 0.490 e. The highest BCUT2D eigenvalue weighted by Crippen LogP contribution is 2.39. The third-order valence-corrected chi connectivity index (χ3v) is 3.34. The molecule has 0 aliphatic carbocycles. The summed E-state index contributed by atoms with van der Waals surface area (Å²) in [6, 6.07) is -0.557. The first-order valence-corrected chi connectivity index (χ1v) is 6.69. The van der Waals surface area contributed by atoms with Crippen LogP contribution in [0.3, 0.4) is 0 Å². The zero-order valence-corrected chi connectivity index (χ0v) is 8.83. The number of rotatable bonds is 2. The molecule has 2 rings (SSSR count). The summed E-state index contributed by atoms with van der Waals surface area (Å²) in [7, 11) is -4.03. The SMILES string of the molecule is O=P(O)(O)BC1COc2cscc2O1. The van der Waals surface area contributed by atoms with Crippen molar-refractivity contribution in [2.24, 2.45) is 0 Å². The molecule has 0 saturated heterocycles. The number of fused-ring (bicyclic) bond motifs is 1. The summed E-state index contributed by atoms with van der Waals surface area (Å²) < 4.78 is 21.3. The van der Waals surface area contributed by atoms with Crippen molar-refractivity contribution < 1.29 is 23.8 Å². The Kier molecular flexibility index (Phi) is 2.57. The van der Waals surface area contributed by atoms with E-state index >= 15 is 0 Å². The van der Waals surface area contributed by atoms with Crippen molar-refractivity contribution in [1.82, 2.24) is 0 Å². The molecule has 0 radical (unpaired) electrons. The number of thiophene rings is 1. The van der Waals surface area contributed by atoms with Gasteiger partial charge in [0.05, 0.1) is 0 Å². The Hall–Kier alpha value is -0.485. The molecule has 1 aromatic heterocycles. The lowest BCUT2D eigenvalue weighted by Crippen LogP contribution is -2.34. The first kappa shape index (κ1) is 10.0. The quantitative estimate of drug-likeness (QED) is 0.571. The highest BCUT2D eigenvalue weighted by molar-refractivity contribution is 7.82. The maximum Gasteiger partial charge on any atom is 0.321 e. The van der Waals surface area contributed by atoms with Crippen molar-refractivity contribution in [3.05, 3.63) is 10.8 Å². The Morgan fingerprint density at radius 3 is 2.93 bits per heavy atom. The first-order chi connectivity index (χ1) is 6.54. The maximum atomic E-state index is 10.7. The minimum absolute atomic E-state index is 0.189. The van der Waals surface area contributed by atoms with Gasteiger partial charge in [-0.3, -0.25) is 4.57 Å². The Labute approximate surface area is 85.0 Å². The predicted octanol–water partition coefficient (Wildman–Crippen LogP) is 0.375. The van der Waals surface area contributed by atoms with Gasteiger partial charge in [0, 0.05) is 10.8 Å². The van der Waals surface area contributed by atoms with Gasteiger partial charge in [0.15, 0.2) is 11.5 Å². The van der Waals surface area contributed by atoms with E-state index < -0.39 is 13.5 Å². The van der Waals surface area contributed by atoms with Gasteiger partial charge in [-0.2, -0.15) is 0 Å². The van der Waals surface area contributed by atoms with Crippen LogP contribution in [0.4, 0.5) is 0 Å². The smallest absolute Gasteiger partial charge is 0.321 e. The van der Waals surface area contributed by atoms with Gasteiger partial charge in [-0.25, -0.2) is 0 Å². The van der Waals surface area contributed by atoms with Gasteiger partial charge < -0.3 is 19.3 Å². The Morgan fingerprint density at radius 1 is 1.50 bits per heavy atom. The minimum atomic E-state index is -4.03. The Bertz CT molecular complexity index is 374. The molecule has 1 aliphatic heterocycles. The third-order valence-electron chi connectivity index (χ3n) is 1.75. The zero-order valence-electron chi connectivity index (χ0n) is 7.12. The minimum Gasteiger partial charge on any atom is -0.490 e. The molecule has 2 N–H and O–H groups in total. The maximum absolute atomic E-state index is 10.7. The zero-order chi connectivity index (χ0) is 10.2. The molecule has 0 fully saturated rings. The van der Waals surface area contributed by atoms with Crippen molar-refractivity contribution in [2.75, 3.05) is 6.61 Å². The standard InChI is InChI=1S/C6H8BO5PS/c8-13(9,10)7-6-1-11-4-2-14-3-5(4)12-6/h2-3,6-7H,1H2,(H2,8,9,10). The lowest BCUT2D eigenvalue weighted by Gasteiger charge is -2.23. The summed E-state index contributed by atoms with van der Waals surface area (Å²) in [6.45, 7) is -0.114.